The molecular formula is C18H24N2. The van der Waals surface area contributed by atoms with E-state index < -0.39 is 0 Å². The van der Waals surface area contributed by atoms with Gasteiger partial charge < -0.3 is 5.32 Å². The molecule has 0 spiro atoms. The van der Waals surface area contributed by atoms with Gasteiger partial charge in [-0.05, 0) is 50.9 Å². The maximum absolute atomic E-state index is 4.49. The Morgan fingerprint density at radius 2 is 1.85 bits per heavy atom. The third-order valence-electron chi connectivity index (χ3n) is 3.87. The van der Waals surface area contributed by atoms with Gasteiger partial charge >= 0.3 is 0 Å². The number of rotatable bonds is 6. The number of nitrogens with one attached hydrogen (secondary N) is 1. The molecule has 0 saturated carbocycles. The average Bonchev–Trinajstić information content (AvgIpc) is 2.47. The Morgan fingerprint density at radius 3 is 2.50 bits per heavy atom. The van der Waals surface area contributed by atoms with E-state index in [0.717, 1.165) is 19.3 Å². The minimum absolute atomic E-state index is 0.477. The Kier molecular flexibility index (Phi) is 5.31. The van der Waals surface area contributed by atoms with Gasteiger partial charge in [0.1, 0.15) is 0 Å². The Bertz CT molecular complexity index is 531. The molecule has 106 valence electrons. The molecular weight excluding hydrogens is 244 g/mol. The van der Waals surface area contributed by atoms with E-state index in [1.165, 1.54) is 22.4 Å². The van der Waals surface area contributed by atoms with Crippen molar-refractivity contribution in [2.45, 2.75) is 39.2 Å². The fourth-order valence-electron chi connectivity index (χ4n) is 2.41. The summed E-state index contributed by atoms with van der Waals surface area (Å²) in [5.74, 6) is 0. The second kappa shape index (κ2) is 7.20. The van der Waals surface area contributed by atoms with Crippen molar-refractivity contribution >= 4 is 0 Å². The summed E-state index contributed by atoms with van der Waals surface area (Å²) in [6.45, 7) is 4.26. The minimum atomic E-state index is 0.477. The number of pyridine rings is 1. The highest BCUT2D eigenvalue weighted by molar-refractivity contribution is 5.22. The fraction of sp³-hybridized carbons (Fsp3) is 0.389. The molecule has 1 atom stereocenters. The van der Waals surface area contributed by atoms with Crippen LogP contribution in [0.3, 0.4) is 0 Å². The quantitative estimate of drug-likeness (QED) is 0.868. The monoisotopic (exact) mass is 268 g/mol. The maximum atomic E-state index is 4.49. The van der Waals surface area contributed by atoms with E-state index in [-0.39, 0.29) is 0 Å². The molecule has 0 bridgehead atoms. The van der Waals surface area contributed by atoms with Crippen LogP contribution in [-0.4, -0.2) is 18.1 Å². The molecule has 1 aromatic carbocycles. The molecule has 0 fully saturated rings. The van der Waals surface area contributed by atoms with Gasteiger partial charge in [-0.2, -0.15) is 0 Å². The van der Waals surface area contributed by atoms with Gasteiger partial charge in [0.2, 0.25) is 0 Å². The first-order valence-corrected chi connectivity index (χ1v) is 7.32. The Hall–Kier alpha value is -1.67. The van der Waals surface area contributed by atoms with Crippen LogP contribution >= 0.6 is 0 Å². The molecule has 20 heavy (non-hydrogen) atoms. The second-order valence-electron chi connectivity index (χ2n) is 5.48. The van der Waals surface area contributed by atoms with E-state index in [1.807, 2.05) is 19.3 Å². The van der Waals surface area contributed by atoms with Crippen LogP contribution in [-0.2, 0) is 12.8 Å². The standard InChI is InChI=1S/C18H24N2/c1-14-6-8-16(9-7-14)10-11-17(19-3)13-18-15(2)5-4-12-20-18/h4-9,12,17,19H,10-11,13H2,1-3H3. The highest BCUT2D eigenvalue weighted by Gasteiger charge is 2.10. The zero-order chi connectivity index (χ0) is 14.4. The van der Waals surface area contributed by atoms with Crippen LogP contribution in [0, 0.1) is 13.8 Å². The number of aryl methyl sites for hydroxylation is 3. The van der Waals surface area contributed by atoms with Gasteiger partial charge in [-0.25, -0.2) is 0 Å². The molecule has 2 heteroatoms. The topological polar surface area (TPSA) is 24.9 Å². The molecule has 0 aliphatic carbocycles. The lowest BCUT2D eigenvalue weighted by Gasteiger charge is -2.17. The molecule has 0 aliphatic heterocycles. The summed E-state index contributed by atoms with van der Waals surface area (Å²) in [7, 11) is 2.04. The van der Waals surface area contributed by atoms with Crippen molar-refractivity contribution in [3.63, 3.8) is 0 Å². The number of nitrogens with zero attached hydrogens (tertiary/aromatic N) is 1. The molecule has 2 nitrogen and oxygen atoms in total. The highest BCUT2D eigenvalue weighted by Crippen LogP contribution is 2.12. The molecule has 0 saturated heterocycles. The molecule has 1 unspecified atom stereocenters. The van der Waals surface area contributed by atoms with Crippen molar-refractivity contribution < 1.29 is 0 Å². The molecule has 0 aliphatic rings. The van der Waals surface area contributed by atoms with Gasteiger partial charge in [-0.3, -0.25) is 4.98 Å². The smallest absolute Gasteiger partial charge is 0.0448 e. The lowest BCUT2D eigenvalue weighted by atomic mass is 9.99. The number of benzene rings is 1. The van der Waals surface area contributed by atoms with Crippen molar-refractivity contribution in [1.29, 1.82) is 0 Å². The molecule has 1 aromatic heterocycles. The molecule has 1 heterocycles. The zero-order valence-corrected chi connectivity index (χ0v) is 12.7. The van der Waals surface area contributed by atoms with E-state index in [0.29, 0.717) is 6.04 Å². The molecule has 0 amide bonds. The third-order valence-corrected chi connectivity index (χ3v) is 3.87. The second-order valence-corrected chi connectivity index (χ2v) is 5.48. The fourth-order valence-corrected chi connectivity index (χ4v) is 2.41. The minimum Gasteiger partial charge on any atom is -0.317 e. The van der Waals surface area contributed by atoms with E-state index in [2.05, 4.69) is 54.5 Å². The van der Waals surface area contributed by atoms with Crippen LogP contribution in [0.2, 0.25) is 0 Å². The van der Waals surface area contributed by atoms with Crippen LogP contribution in [0.25, 0.3) is 0 Å². The van der Waals surface area contributed by atoms with Gasteiger partial charge in [0.05, 0.1) is 0 Å². The Labute approximate surface area is 122 Å². The average molecular weight is 268 g/mol. The van der Waals surface area contributed by atoms with Gasteiger partial charge in [0.25, 0.3) is 0 Å². The number of aromatic nitrogens is 1. The van der Waals surface area contributed by atoms with Gasteiger partial charge in [0.15, 0.2) is 0 Å². The zero-order valence-electron chi connectivity index (χ0n) is 12.7. The number of likely N-dealkylation sites (N-methyl/N-ethyl adjacent to an activating group) is 1. The SMILES string of the molecule is CNC(CCc1ccc(C)cc1)Cc1ncccc1C. The predicted molar refractivity (Wildman–Crippen MR) is 85.0 cm³/mol. The summed E-state index contributed by atoms with van der Waals surface area (Å²) in [6.07, 6.45) is 5.12. The summed E-state index contributed by atoms with van der Waals surface area (Å²) in [5, 5.41) is 3.42. The lowest BCUT2D eigenvalue weighted by molar-refractivity contribution is 0.514. The maximum Gasteiger partial charge on any atom is 0.0448 e. The van der Waals surface area contributed by atoms with Crippen LogP contribution in [0.4, 0.5) is 0 Å². The summed E-state index contributed by atoms with van der Waals surface area (Å²) in [5.41, 5.74) is 5.22. The van der Waals surface area contributed by atoms with Gasteiger partial charge in [-0.15, -0.1) is 0 Å². The Balaban J connectivity index is 1.92. The van der Waals surface area contributed by atoms with Crippen LogP contribution < -0.4 is 5.32 Å². The summed E-state index contributed by atoms with van der Waals surface area (Å²) < 4.78 is 0. The number of hydrogen-bond acceptors (Lipinski definition) is 2. The van der Waals surface area contributed by atoms with E-state index in [4.69, 9.17) is 0 Å². The van der Waals surface area contributed by atoms with Gasteiger partial charge in [-0.1, -0.05) is 35.9 Å². The molecule has 0 radical (unpaired) electrons. The third kappa shape index (κ3) is 4.17. The molecule has 2 rings (SSSR count). The van der Waals surface area contributed by atoms with E-state index in [1.54, 1.807) is 0 Å². The van der Waals surface area contributed by atoms with Crippen molar-refractivity contribution in [1.82, 2.24) is 10.3 Å². The van der Waals surface area contributed by atoms with Crippen LogP contribution in [0.5, 0.6) is 0 Å². The van der Waals surface area contributed by atoms with Crippen molar-refractivity contribution in [2.24, 2.45) is 0 Å². The van der Waals surface area contributed by atoms with Crippen molar-refractivity contribution in [3.05, 3.63) is 65.0 Å². The summed E-state index contributed by atoms with van der Waals surface area (Å²) in [4.78, 5) is 4.49. The largest absolute Gasteiger partial charge is 0.317 e. The summed E-state index contributed by atoms with van der Waals surface area (Å²) in [6, 6.07) is 13.4. The normalized spacial score (nSPS) is 12.3. The van der Waals surface area contributed by atoms with E-state index >= 15 is 0 Å². The first-order chi connectivity index (χ1) is 9.69. The molecule has 2 aromatic rings. The Morgan fingerprint density at radius 1 is 1.10 bits per heavy atom. The van der Waals surface area contributed by atoms with Gasteiger partial charge in [0, 0.05) is 24.4 Å². The summed E-state index contributed by atoms with van der Waals surface area (Å²) >= 11 is 0. The van der Waals surface area contributed by atoms with Crippen LogP contribution in [0.15, 0.2) is 42.6 Å². The first-order valence-electron chi connectivity index (χ1n) is 7.32. The predicted octanol–water partition coefficient (Wildman–Crippen LogP) is 3.46. The van der Waals surface area contributed by atoms with Crippen molar-refractivity contribution in [3.8, 4) is 0 Å². The van der Waals surface area contributed by atoms with Crippen LogP contribution in [0.1, 0.15) is 28.8 Å². The van der Waals surface area contributed by atoms with Crippen molar-refractivity contribution in [2.75, 3.05) is 7.05 Å². The van der Waals surface area contributed by atoms with E-state index in [9.17, 15) is 0 Å². The number of hydrogen-bond donors (Lipinski definition) is 1. The first kappa shape index (κ1) is 14.7. The lowest BCUT2D eigenvalue weighted by Crippen LogP contribution is -2.28. The molecule has 1 N–H and O–H groups in total. The highest BCUT2D eigenvalue weighted by atomic mass is 14.9.